The van der Waals surface area contributed by atoms with Gasteiger partial charge in [0.1, 0.15) is 5.00 Å². The van der Waals surface area contributed by atoms with Crippen LogP contribution in [-0.2, 0) is 0 Å². The maximum Gasteiger partial charge on any atom is 0.291 e. The molecule has 0 unspecified atom stereocenters. The number of aryl methyl sites for hydroxylation is 1. The molecule has 1 fully saturated rings. The Bertz CT molecular complexity index is 909. The highest BCUT2D eigenvalue weighted by molar-refractivity contribution is 7.16. The van der Waals surface area contributed by atoms with E-state index in [2.05, 4.69) is 60.5 Å². The second-order valence-electron chi connectivity index (χ2n) is 7.60. The van der Waals surface area contributed by atoms with E-state index in [1.54, 1.807) is 23.5 Å². The minimum absolute atomic E-state index is 0.144. The molecule has 3 aromatic rings. The van der Waals surface area contributed by atoms with Crippen molar-refractivity contribution in [3.8, 4) is 0 Å². The first-order valence-corrected chi connectivity index (χ1v) is 10.7. The van der Waals surface area contributed by atoms with Gasteiger partial charge in [0.25, 0.3) is 5.91 Å². The zero-order valence-corrected chi connectivity index (χ0v) is 17.2. The van der Waals surface area contributed by atoms with Gasteiger partial charge in [-0.05, 0) is 62.5 Å². The summed E-state index contributed by atoms with van der Waals surface area (Å²) >= 11 is 1.63. The number of benzene rings is 1. The Morgan fingerprint density at radius 2 is 1.93 bits per heavy atom. The summed E-state index contributed by atoms with van der Waals surface area (Å²) in [5.41, 5.74) is 2.44. The summed E-state index contributed by atoms with van der Waals surface area (Å²) in [6, 6.07) is 16.4. The number of nitrogens with one attached hydrogen (secondary N) is 1. The molecule has 4 nitrogen and oxygen atoms in total. The first kappa shape index (κ1) is 19.0. The highest BCUT2D eigenvalue weighted by Gasteiger charge is 2.29. The van der Waals surface area contributed by atoms with Gasteiger partial charge in [-0.3, -0.25) is 9.69 Å². The van der Waals surface area contributed by atoms with Crippen LogP contribution in [0.2, 0.25) is 0 Å². The number of carbonyl (C=O) groups excluding carboxylic acids is 1. The zero-order chi connectivity index (χ0) is 19.5. The number of piperidine rings is 1. The van der Waals surface area contributed by atoms with Crippen LogP contribution in [0.5, 0.6) is 0 Å². The smallest absolute Gasteiger partial charge is 0.291 e. The molecule has 1 atom stereocenters. The molecule has 1 aliphatic rings. The molecule has 3 heterocycles. The van der Waals surface area contributed by atoms with Crippen LogP contribution in [0.4, 0.5) is 5.00 Å². The molecule has 0 radical (unpaired) electrons. The lowest BCUT2D eigenvalue weighted by Gasteiger charge is -2.37. The fraction of sp³-hybridized carbons (Fsp3) is 0.348. The van der Waals surface area contributed by atoms with Gasteiger partial charge in [-0.15, -0.1) is 11.3 Å². The normalized spacial score (nSPS) is 16.8. The van der Waals surface area contributed by atoms with Gasteiger partial charge in [-0.2, -0.15) is 0 Å². The minimum atomic E-state index is -0.202. The third kappa shape index (κ3) is 4.05. The summed E-state index contributed by atoms with van der Waals surface area (Å²) in [5, 5.41) is 4.00. The molecule has 1 amide bonds. The molecule has 1 N–H and O–H groups in total. The maximum atomic E-state index is 12.6. The zero-order valence-electron chi connectivity index (χ0n) is 16.4. The second-order valence-corrected chi connectivity index (χ2v) is 8.86. The van der Waals surface area contributed by atoms with E-state index < -0.39 is 0 Å². The SMILES string of the molecule is Cc1cc([C@@H](c2ccccc2)N2CCC(C)CC2)c(NC(=O)c2ccco2)s1. The number of anilines is 1. The number of rotatable bonds is 5. The van der Waals surface area contributed by atoms with Crippen LogP contribution < -0.4 is 5.32 Å². The molecule has 0 spiro atoms. The molecule has 0 bridgehead atoms. The Labute approximate surface area is 170 Å². The largest absolute Gasteiger partial charge is 0.459 e. The molecular formula is C23H26N2O2S. The summed E-state index contributed by atoms with van der Waals surface area (Å²) < 4.78 is 5.27. The van der Waals surface area contributed by atoms with Crippen molar-refractivity contribution in [2.24, 2.45) is 5.92 Å². The Morgan fingerprint density at radius 1 is 1.18 bits per heavy atom. The number of hydrogen-bond donors (Lipinski definition) is 1. The number of amides is 1. The molecule has 1 aliphatic heterocycles. The van der Waals surface area contributed by atoms with Gasteiger partial charge in [-0.25, -0.2) is 0 Å². The van der Waals surface area contributed by atoms with Gasteiger partial charge >= 0.3 is 0 Å². The number of nitrogens with zero attached hydrogens (tertiary/aromatic N) is 1. The third-order valence-corrected chi connectivity index (χ3v) is 6.43. The number of hydrogen-bond acceptors (Lipinski definition) is 4. The van der Waals surface area contributed by atoms with Gasteiger partial charge in [-0.1, -0.05) is 37.3 Å². The van der Waals surface area contributed by atoms with E-state index in [1.807, 2.05) is 0 Å². The lowest BCUT2D eigenvalue weighted by atomic mass is 9.93. The Morgan fingerprint density at radius 3 is 2.61 bits per heavy atom. The molecule has 4 rings (SSSR count). The fourth-order valence-electron chi connectivity index (χ4n) is 3.92. The molecule has 0 aliphatic carbocycles. The van der Waals surface area contributed by atoms with Crippen molar-refractivity contribution in [2.75, 3.05) is 18.4 Å². The monoisotopic (exact) mass is 394 g/mol. The summed E-state index contributed by atoms with van der Waals surface area (Å²) in [6.45, 7) is 6.57. The molecule has 0 saturated carbocycles. The van der Waals surface area contributed by atoms with E-state index >= 15 is 0 Å². The third-order valence-electron chi connectivity index (χ3n) is 5.45. The number of thiophene rings is 1. The van der Waals surface area contributed by atoms with Crippen LogP contribution in [0.15, 0.2) is 59.2 Å². The lowest BCUT2D eigenvalue weighted by molar-refractivity contribution is 0.0996. The van der Waals surface area contributed by atoms with Crippen molar-refractivity contribution >= 4 is 22.2 Å². The van der Waals surface area contributed by atoms with Gasteiger partial charge in [0.15, 0.2) is 5.76 Å². The highest BCUT2D eigenvalue weighted by Crippen LogP contribution is 2.40. The van der Waals surface area contributed by atoms with E-state index in [-0.39, 0.29) is 11.9 Å². The van der Waals surface area contributed by atoms with Crippen molar-refractivity contribution in [3.63, 3.8) is 0 Å². The molecule has 1 aromatic carbocycles. The van der Waals surface area contributed by atoms with E-state index in [1.165, 1.54) is 35.1 Å². The average Bonchev–Trinajstić information content (AvgIpc) is 3.35. The van der Waals surface area contributed by atoms with Crippen LogP contribution in [0.1, 0.15) is 52.4 Å². The van der Waals surface area contributed by atoms with Crippen LogP contribution in [0.3, 0.4) is 0 Å². The number of likely N-dealkylation sites (tertiary alicyclic amines) is 1. The van der Waals surface area contributed by atoms with Gasteiger partial charge in [0.05, 0.1) is 12.3 Å². The van der Waals surface area contributed by atoms with Crippen molar-refractivity contribution in [1.82, 2.24) is 4.90 Å². The van der Waals surface area contributed by atoms with E-state index in [0.717, 1.165) is 24.0 Å². The predicted octanol–water partition coefficient (Wildman–Crippen LogP) is 5.72. The van der Waals surface area contributed by atoms with E-state index in [9.17, 15) is 4.79 Å². The van der Waals surface area contributed by atoms with Crippen LogP contribution in [0, 0.1) is 12.8 Å². The molecule has 2 aromatic heterocycles. The summed E-state index contributed by atoms with van der Waals surface area (Å²) in [4.78, 5) is 16.3. The highest BCUT2D eigenvalue weighted by atomic mass is 32.1. The summed E-state index contributed by atoms with van der Waals surface area (Å²) in [7, 11) is 0. The topological polar surface area (TPSA) is 45.5 Å². The van der Waals surface area contributed by atoms with Crippen molar-refractivity contribution in [3.05, 3.63) is 76.6 Å². The molecular weight excluding hydrogens is 368 g/mol. The first-order valence-electron chi connectivity index (χ1n) is 9.86. The number of carbonyl (C=O) groups is 1. The second kappa shape index (κ2) is 8.33. The van der Waals surface area contributed by atoms with Gasteiger partial charge in [0.2, 0.25) is 0 Å². The molecule has 146 valence electrons. The average molecular weight is 395 g/mol. The quantitative estimate of drug-likeness (QED) is 0.602. The summed E-state index contributed by atoms with van der Waals surface area (Å²) in [5.74, 6) is 0.905. The van der Waals surface area contributed by atoms with Crippen LogP contribution in [-0.4, -0.2) is 23.9 Å². The Kier molecular flexibility index (Phi) is 5.64. The minimum Gasteiger partial charge on any atom is -0.459 e. The predicted molar refractivity (Wildman–Crippen MR) is 114 cm³/mol. The maximum absolute atomic E-state index is 12.6. The van der Waals surface area contributed by atoms with Gasteiger partial charge in [0, 0.05) is 10.4 Å². The summed E-state index contributed by atoms with van der Waals surface area (Å²) in [6.07, 6.45) is 3.94. The Hall–Kier alpha value is -2.37. The molecule has 28 heavy (non-hydrogen) atoms. The van der Waals surface area contributed by atoms with Crippen LogP contribution in [0.25, 0.3) is 0 Å². The molecule has 5 heteroatoms. The van der Waals surface area contributed by atoms with Crippen molar-refractivity contribution in [1.29, 1.82) is 0 Å². The molecule has 1 saturated heterocycles. The fourth-order valence-corrected chi connectivity index (χ4v) is 4.86. The van der Waals surface area contributed by atoms with E-state index in [4.69, 9.17) is 4.42 Å². The van der Waals surface area contributed by atoms with Crippen LogP contribution >= 0.6 is 11.3 Å². The Balaban J connectivity index is 1.69. The standard InChI is InChI=1S/C23H26N2O2S/c1-16-10-12-25(13-11-16)21(18-7-4-3-5-8-18)19-15-17(2)28-23(19)24-22(26)20-9-6-14-27-20/h3-9,14-16,21H,10-13H2,1-2H3,(H,24,26)/t21-/m1/s1. The van der Waals surface area contributed by atoms with Gasteiger partial charge < -0.3 is 9.73 Å². The first-order chi connectivity index (χ1) is 13.6. The lowest BCUT2D eigenvalue weighted by Crippen LogP contribution is -2.36. The van der Waals surface area contributed by atoms with Crippen molar-refractivity contribution < 1.29 is 9.21 Å². The van der Waals surface area contributed by atoms with E-state index in [0.29, 0.717) is 5.76 Å². The number of furan rings is 1. The van der Waals surface area contributed by atoms with Crippen molar-refractivity contribution in [2.45, 2.75) is 32.7 Å².